The number of nitrogen functional groups attached to an aromatic ring is 2. The summed E-state index contributed by atoms with van der Waals surface area (Å²) in [7, 11) is 1.86. The number of alkyl halides is 1. The first-order valence-electron chi connectivity index (χ1n) is 23.2. The molecule has 16 nitrogen and oxygen atoms in total. The number of ketones is 1. The van der Waals surface area contributed by atoms with Crippen LogP contribution in [0, 0.1) is 28.6 Å². The lowest BCUT2D eigenvalue weighted by Gasteiger charge is -2.62. The molecule has 8 rings (SSSR count). The van der Waals surface area contributed by atoms with Crippen molar-refractivity contribution in [3.63, 3.8) is 0 Å². The maximum atomic E-state index is 17.5. The third-order valence-electron chi connectivity index (χ3n) is 15.3. The van der Waals surface area contributed by atoms with Crippen LogP contribution in [0.3, 0.4) is 0 Å². The molecule has 3 fully saturated rings. The van der Waals surface area contributed by atoms with Crippen molar-refractivity contribution in [1.29, 1.82) is 0 Å². The van der Waals surface area contributed by atoms with Crippen LogP contribution in [0.25, 0.3) is 11.2 Å². The van der Waals surface area contributed by atoms with Crippen molar-refractivity contribution < 1.29 is 38.9 Å². The van der Waals surface area contributed by atoms with E-state index in [0.717, 1.165) is 16.8 Å². The van der Waals surface area contributed by atoms with E-state index in [2.05, 4.69) is 36.6 Å². The van der Waals surface area contributed by atoms with E-state index < -0.39 is 63.9 Å². The minimum absolute atomic E-state index is 0.0147. The molecule has 0 bridgehead atoms. The molecule has 4 aliphatic rings. The number of aliphatic hydroxyl groups excluding tert-OH is 1. The van der Waals surface area contributed by atoms with E-state index in [9.17, 15) is 34.5 Å². The first kappa shape index (κ1) is 49.8. The number of nitrogens with two attached hydrogens (primary N) is 2. The van der Waals surface area contributed by atoms with Gasteiger partial charge in [-0.25, -0.2) is 19.2 Å². The smallest absolute Gasteiger partial charge is 0.326 e. The van der Waals surface area contributed by atoms with E-state index >= 15 is 4.39 Å². The number of aliphatic carboxylic acids is 1. The SMILES string of the molecule is C[C@@H]1C[C@H]2[C@@H]3CCC4=CC(=O)C=C[C@]4(C)[C@@]3(F)[C@@H](O)C[C@]2(C)[C@@]1(O)C(=O)NCCSCc1cccc(CSCC[C@H](NC(=O)c2ccc(N(C)Cc3cnc4nc(N)nc(N)c4n3)cc2)C(=O)O)c1. The number of nitrogens with zero attached hydrogens (tertiary/aromatic N) is 5. The molecule has 69 heavy (non-hydrogen) atoms. The number of rotatable bonds is 17. The van der Waals surface area contributed by atoms with Gasteiger partial charge in [0.15, 0.2) is 34.0 Å². The van der Waals surface area contributed by atoms with Gasteiger partial charge in [0, 0.05) is 58.8 Å². The van der Waals surface area contributed by atoms with Crippen LogP contribution in [-0.2, 0) is 32.4 Å². The largest absolute Gasteiger partial charge is 0.480 e. The predicted octanol–water partition coefficient (Wildman–Crippen LogP) is 5.42. The molecule has 9 N–H and O–H groups in total. The summed E-state index contributed by atoms with van der Waals surface area (Å²) in [6.07, 6.45) is 6.20. The summed E-state index contributed by atoms with van der Waals surface area (Å²) in [6, 6.07) is 13.8. The fraction of sp³-hybridized carbons (Fsp3) is 0.480. The second-order valence-corrected chi connectivity index (χ2v) is 21.6. The third kappa shape index (κ3) is 9.30. The van der Waals surface area contributed by atoms with Crippen molar-refractivity contribution in [2.45, 2.75) is 94.3 Å². The van der Waals surface area contributed by atoms with E-state index in [0.29, 0.717) is 83.4 Å². The van der Waals surface area contributed by atoms with E-state index in [1.54, 1.807) is 67.0 Å². The Kier molecular flexibility index (Phi) is 14.2. The lowest BCUT2D eigenvalue weighted by atomic mass is 9.44. The van der Waals surface area contributed by atoms with E-state index in [1.807, 2.05) is 44.0 Å². The molecule has 2 amide bonds. The number of hydrogen-bond donors (Lipinski definition) is 7. The van der Waals surface area contributed by atoms with Crippen molar-refractivity contribution in [3.8, 4) is 0 Å². The van der Waals surface area contributed by atoms with Crippen LogP contribution in [0.15, 0.2) is 78.5 Å². The fourth-order valence-electron chi connectivity index (χ4n) is 11.6. The number of aromatic nitrogens is 4. The zero-order chi connectivity index (χ0) is 49.5. The molecule has 4 aliphatic carbocycles. The Bertz CT molecular complexity index is 2710. The van der Waals surface area contributed by atoms with Gasteiger partial charge in [-0.1, -0.05) is 49.8 Å². The molecule has 19 heteroatoms. The van der Waals surface area contributed by atoms with Gasteiger partial charge in [-0.05, 0) is 104 Å². The van der Waals surface area contributed by atoms with Crippen LogP contribution in [0.2, 0.25) is 0 Å². The van der Waals surface area contributed by atoms with Crippen molar-refractivity contribution in [2.24, 2.45) is 28.6 Å². The molecule has 2 aromatic heterocycles. The highest BCUT2D eigenvalue weighted by Gasteiger charge is 2.75. The summed E-state index contributed by atoms with van der Waals surface area (Å²) in [5.74, 6) is -1.10. The summed E-state index contributed by atoms with van der Waals surface area (Å²) < 4.78 is 17.5. The number of amides is 2. The van der Waals surface area contributed by atoms with Crippen LogP contribution in [0.1, 0.15) is 80.1 Å². The molecular weight excluding hydrogens is 922 g/mol. The maximum Gasteiger partial charge on any atom is 0.326 e. The Labute approximate surface area is 408 Å². The molecule has 0 radical (unpaired) electrons. The summed E-state index contributed by atoms with van der Waals surface area (Å²) in [5, 5.41) is 39.5. The van der Waals surface area contributed by atoms with Gasteiger partial charge in [0.1, 0.15) is 6.04 Å². The Hall–Kier alpha value is -5.63. The first-order chi connectivity index (χ1) is 32.8. The monoisotopic (exact) mass is 981 g/mol. The highest BCUT2D eigenvalue weighted by Crippen LogP contribution is 2.70. The number of carboxylic acids is 1. The molecule has 0 aliphatic heterocycles. The number of benzene rings is 2. The van der Waals surface area contributed by atoms with Gasteiger partial charge in [0.25, 0.3) is 11.8 Å². The number of carbonyl (C=O) groups excluding carboxylic acids is 3. The third-order valence-corrected chi connectivity index (χ3v) is 17.3. The average molecular weight is 982 g/mol. The minimum Gasteiger partial charge on any atom is -0.480 e. The molecule has 0 unspecified atom stereocenters. The van der Waals surface area contributed by atoms with Gasteiger partial charge in [0.2, 0.25) is 5.95 Å². The number of hydrogen-bond acceptors (Lipinski definition) is 15. The Morgan fingerprint density at radius 1 is 1.01 bits per heavy atom. The van der Waals surface area contributed by atoms with E-state index in [1.165, 1.54) is 12.2 Å². The molecule has 9 atom stereocenters. The van der Waals surface area contributed by atoms with E-state index in [4.69, 9.17) is 11.5 Å². The zero-order valence-corrected chi connectivity index (χ0v) is 40.8. The molecule has 366 valence electrons. The van der Waals surface area contributed by atoms with Crippen LogP contribution in [0.4, 0.5) is 21.8 Å². The topological polar surface area (TPSA) is 260 Å². The molecule has 0 spiro atoms. The Balaban J connectivity index is 0.768. The number of aliphatic hydroxyl groups is 2. The molecule has 2 heterocycles. The second kappa shape index (κ2) is 19.6. The maximum absolute atomic E-state index is 17.5. The van der Waals surface area contributed by atoms with Gasteiger partial charge >= 0.3 is 5.97 Å². The van der Waals surface area contributed by atoms with Crippen LogP contribution in [-0.4, -0.2) is 107 Å². The van der Waals surface area contributed by atoms with Crippen molar-refractivity contribution >= 4 is 75.7 Å². The molecular formula is C50H60FN9O7S2. The van der Waals surface area contributed by atoms with Gasteiger partial charge < -0.3 is 42.3 Å². The minimum atomic E-state index is -2.03. The standard InChI is InChI=1S/C50H60FN9O7S2/c1-28-20-37-36-13-10-32-22-35(61)14-16-47(32,2)49(36,51)39(62)23-48(37,3)50(28,67)45(66)54-17-19-69-27-30-7-5-6-29(21-30)26-68-18-15-38(44(64)65)57-43(63)31-8-11-34(12-9-31)60(4)25-33-24-55-42-40(56-33)41(52)58-46(53)59-42/h5-9,11-12,14,16,21-22,24,28,36-39,62,67H,10,13,15,17-20,23,25-27H2,1-4H3,(H,54,66)(H,57,63)(H,64,65)(H4,52,53,55,58,59)/t28-,36+,37+,38+,39+,47+,48+,49+,50+/m1/s1. The second-order valence-electron chi connectivity index (χ2n) is 19.4. The van der Waals surface area contributed by atoms with Crippen LogP contribution >= 0.6 is 23.5 Å². The lowest BCUT2D eigenvalue weighted by molar-refractivity contribution is -0.219. The van der Waals surface area contributed by atoms with Gasteiger partial charge in [-0.2, -0.15) is 33.5 Å². The molecule has 3 saturated carbocycles. The van der Waals surface area contributed by atoms with Crippen LogP contribution in [0.5, 0.6) is 0 Å². The number of nitrogens with one attached hydrogen (secondary N) is 2. The predicted molar refractivity (Wildman–Crippen MR) is 266 cm³/mol. The molecule has 4 aromatic rings. The van der Waals surface area contributed by atoms with Crippen molar-refractivity contribution in [3.05, 3.63) is 101 Å². The zero-order valence-electron chi connectivity index (χ0n) is 39.2. The molecule has 0 saturated heterocycles. The number of allylic oxidation sites excluding steroid dienone is 4. The summed E-state index contributed by atoms with van der Waals surface area (Å²) >= 11 is 3.21. The summed E-state index contributed by atoms with van der Waals surface area (Å²) in [6.45, 7) is 6.12. The molecule has 2 aromatic carbocycles. The van der Waals surface area contributed by atoms with Crippen molar-refractivity contribution in [1.82, 2.24) is 30.6 Å². The quantitative estimate of drug-likeness (QED) is 0.0652. The Morgan fingerprint density at radius 3 is 2.43 bits per heavy atom. The van der Waals surface area contributed by atoms with E-state index in [-0.39, 0.29) is 36.3 Å². The number of fused-ring (bicyclic) bond motifs is 6. The lowest BCUT2D eigenvalue weighted by Crippen LogP contribution is -2.70. The highest BCUT2D eigenvalue weighted by molar-refractivity contribution is 7.98. The number of halogens is 1. The van der Waals surface area contributed by atoms with Crippen molar-refractivity contribution in [2.75, 3.05) is 41.5 Å². The fourth-order valence-corrected chi connectivity index (χ4v) is 13.3. The van der Waals surface area contributed by atoms with Gasteiger partial charge in [-0.15, -0.1) is 0 Å². The number of thioether (sulfide) groups is 2. The normalized spacial score (nSPS) is 28.5. The summed E-state index contributed by atoms with van der Waals surface area (Å²) in [5.41, 5.74) is 10.8. The number of carbonyl (C=O) groups is 4. The van der Waals surface area contributed by atoms with Crippen LogP contribution < -0.4 is 27.0 Å². The van der Waals surface area contributed by atoms with Gasteiger partial charge in [0.05, 0.1) is 24.5 Å². The first-order valence-corrected chi connectivity index (χ1v) is 25.5. The number of anilines is 3. The highest BCUT2D eigenvalue weighted by atomic mass is 32.2. The summed E-state index contributed by atoms with van der Waals surface area (Å²) in [4.78, 5) is 70.2. The number of carboxylic acid groups (broad SMARTS) is 1. The Morgan fingerprint density at radius 2 is 1.72 bits per heavy atom. The van der Waals surface area contributed by atoms with Gasteiger partial charge in [-0.3, -0.25) is 14.4 Å². The average Bonchev–Trinajstić information content (AvgIpc) is 3.51.